The molecule has 0 unspecified atom stereocenters. The summed E-state index contributed by atoms with van der Waals surface area (Å²) in [5.74, 6) is -0.124. The molecule has 0 aliphatic heterocycles. The van der Waals surface area contributed by atoms with Crippen LogP contribution >= 0.6 is 0 Å². The zero-order valence-electron chi connectivity index (χ0n) is 13.5. The van der Waals surface area contributed by atoms with Gasteiger partial charge in [0.2, 0.25) is 21.8 Å². The Morgan fingerprint density at radius 1 is 1.20 bits per heavy atom. The number of amides is 2. The first-order chi connectivity index (χ1) is 11.7. The molecule has 1 aromatic heterocycles. The summed E-state index contributed by atoms with van der Waals surface area (Å²) in [5.41, 5.74) is 0.829. The van der Waals surface area contributed by atoms with Crippen molar-refractivity contribution in [3.05, 3.63) is 41.7 Å². The van der Waals surface area contributed by atoms with E-state index < -0.39 is 21.8 Å². The molecule has 25 heavy (non-hydrogen) atoms. The van der Waals surface area contributed by atoms with E-state index in [2.05, 4.69) is 15.8 Å². The van der Waals surface area contributed by atoms with Gasteiger partial charge in [-0.25, -0.2) is 13.6 Å². The van der Waals surface area contributed by atoms with Gasteiger partial charge in [-0.3, -0.25) is 9.59 Å². The molecule has 0 radical (unpaired) electrons. The van der Waals surface area contributed by atoms with E-state index in [4.69, 9.17) is 9.66 Å². The van der Waals surface area contributed by atoms with Gasteiger partial charge >= 0.3 is 0 Å². The lowest BCUT2D eigenvalue weighted by molar-refractivity contribution is -0.126. The maximum Gasteiger partial charge on any atom is 0.238 e. The number of sulfonamides is 1. The van der Waals surface area contributed by atoms with Crippen LogP contribution in [0.15, 0.2) is 39.8 Å². The van der Waals surface area contributed by atoms with E-state index in [1.54, 1.807) is 25.1 Å². The number of rotatable bonds is 7. The number of carbonyl (C=O) groups excluding carboxylic acids is 2. The summed E-state index contributed by atoms with van der Waals surface area (Å²) >= 11 is 0. The highest BCUT2D eigenvalue weighted by Gasteiger charge is 2.11. The molecule has 134 valence electrons. The third-order valence-corrected chi connectivity index (χ3v) is 4.13. The van der Waals surface area contributed by atoms with Gasteiger partial charge in [-0.2, -0.15) is 0 Å². The molecule has 0 saturated carbocycles. The SMILES string of the molecule is Cc1cc(NC(=O)CC(=O)NCCc2ccc(S(N)(=O)=O)cc2)no1. The second-order valence-electron chi connectivity index (χ2n) is 5.34. The Labute approximate surface area is 144 Å². The first-order valence-electron chi connectivity index (χ1n) is 7.35. The fourth-order valence-corrected chi connectivity index (χ4v) is 2.53. The lowest BCUT2D eigenvalue weighted by Gasteiger charge is -2.06. The van der Waals surface area contributed by atoms with Gasteiger partial charge in [-0.1, -0.05) is 17.3 Å². The third kappa shape index (κ3) is 6.01. The predicted molar refractivity (Wildman–Crippen MR) is 89.0 cm³/mol. The van der Waals surface area contributed by atoms with Gasteiger partial charge in [0.1, 0.15) is 12.2 Å². The summed E-state index contributed by atoms with van der Waals surface area (Å²) in [4.78, 5) is 23.4. The molecule has 9 nitrogen and oxygen atoms in total. The lowest BCUT2D eigenvalue weighted by atomic mass is 10.1. The topological polar surface area (TPSA) is 144 Å². The van der Waals surface area contributed by atoms with Gasteiger partial charge in [0.25, 0.3) is 0 Å². The molecule has 10 heteroatoms. The highest BCUT2D eigenvalue weighted by Crippen LogP contribution is 2.09. The van der Waals surface area contributed by atoms with Crippen molar-refractivity contribution in [3.63, 3.8) is 0 Å². The highest BCUT2D eigenvalue weighted by atomic mass is 32.2. The minimum Gasteiger partial charge on any atom is -0.360 e. The summed E-state index contributed by atoms with van der Waals surface area (Å²) in [7, 11) is -3.72. The Hall–Kier alpha value is -2.72. The van der Waals surface area contributed by atoms with Crippen molar-refractivity contribution in [1.82, 2.24) is 10.5 Å². The van der Waals surface area contributed by atoms with E-state index in [9.17, 15) is 18.0 Å². The summed E-state index contributed by atoms with van der Waals surface area (Å²) in [6.07, 6.45) is 0.150. The maximum absolute atomic E-state index is 11.7. The largest absolute Gasteiger partial charge is 0.360 e. The Bertz CT molecular complexity index is 858. The molecule has 1 aromatic carbocycles. The molecule has 0 aliphatic rings. The normalized spacial score (nSPS) is 11.1. The molecular weight excluding hydrogens is 348 g/mol. The van der Waals surface area contributed by atoms with E-state index in [-0.39, 0.29) is 17.1 Å². The third-order valence-electron chi connectivity index (χ3n) is 3.20. The van der Waals surface area contributed by atoms with Crippen LogP contribution in [-0.4, -0.2) is 31.9 Å². The van der Waals surface area contributed by atoms with Gasteiger partial charge in [0.15, 0.2) is 5.82 Å². The van der Waals surface area contributed by atoms with Crippen LogP contribution in [0, 0.1) is 6.92 Å². The number of nitrogens with two attached hydrogens (primary N) is 1. The number of nitrogens with zero attached hydrogens (tertiary/aromatic N) is 1. The van der Waals surface area contributed by atoms with Crippen molar-refractivity contribution in [3.8, 4) is 0 Å². The molecule has 0 atom stereocenters. The maximum atomic E-state index is 11.7. The summed E-state index contributed by atoms with van der Waals surface area (Å²) < 4.78 is 27.1. The average Bonchev–Trinajstić information content (AvgIpc) is 2.91. The number of benzene rings is 1. The number of hydrogen-bond acceptors (Lipinski definition) is 6. The number of primary sulfonamides is 1. The fourth-order valence-electron chi connectivity index (χ4n) is 2.01. The number of nitrogens with one attached hydrogen (secondary N) is 2. The van der Waals surface area contributed by atoms with Crippen LogP contribution in [0.2, 0.25) is 0 Å². The van der Waals surface area contributed by atoms with Crippen molar-refractivity contribution < 1.29 is 22.5 Å². The minimum absolute atomic E-state index is 0.0278. The summed E-state index contributed by atoms with van der Waals surface area (Å²) in [6, 6.07) is 7.58. The second kappa shape index (κ2) is 7.90. The molecule has 2 aromatic rings. The van der Waals surface area contributed by atoms with Crippen molar-refractivity contribution in [2.45, 2.75) is 24.7 Å². The molecule has 4 N–H and O–H groups in total. The van der Waals surface area contributed by atoms with E-state index >= 15 is 0 Å². The van der Waals surface area contributed by atoms with Crippen LogP contribution < -0.4 is 15.8 Å². The van der Waals surface area contributed by atoms with E-state index in [1.807, 2.05) is 0 Å². The van der Waals surface area contributed by atoms with Gasteiger partial charge < -0.3 is 15.2 Å². The van der Waals surface area contributed by atoms with Crippen LogP contribution in [0.4, 0.5) is 5.82 Å². The van der Waals surface area contributed by atoms with Crippen LogP contribution in [0.3, 0.4) is 0 Å². The number of hydrogen-bond donors (Lipinski definition) is 3. The van der Waals surface area contributed by atoms with Crippen molar-refractivity contribution in [1.29, 1.82) is 0 Å². The second-order valence-corrected chi connectivity index (χ2v) is 6.90. The zero-order valence-corrected chi connectivity index (χ0v) is 14.3. The van der Waals surface area contributed by atoms with Crippen LogP contribution in [0.5, 0.6) is 0 Å². The van der Waals surface area contributed by atoms with Gasteiger partial charge in [0.05, 0.1) is 4.90 Å². The van der Waals surface area contributed by atoms with Gasteiger partial charge in [-0.15, -0.1) is 0 Å². The summed E-state index contributed by atoms with van der Waals surface area (Å²) in [6.45, 7) is 1.99. The summed E-state index contributed by atoms with van der Waals surface area (Å²) in [5, 5.41) is 13.7. The molecule has 2 rings (SSSR count). The molecule has 0 aliphatic carbocycles. The molecule has 2 amide bonds. The van der Waals surface area contributed by atoms with E-state index in [0.29, 0.717) is 18.7 Å². The molecule has 0 bridgehead atoms. The van der Waals surface area contributed by atoms with E-state index in [0.717, 1.165) is 5.56 Å². The quantitative estimate of drug-likeness (QED) is 0.602. The lowest BCUT2D eigenvalue weighted by Crippen LogP contribution is -2.29. The fraction of sp³-hybridized carbons (Fsp3) is 0.267. The highest BCUT2D eigenvalue weighted by molar-refractivity contribution is 7.89. The monoisotopic (exact) mass is 366 g/mol. The van der Waals surface area contributed by atoms with Crippen molar-refractivity contribution in [2.24, 2.45) is 5.14 Å². The van der Waals surface area contributed by atoms with Crippen molar-refractivity contribution in [2.75, 3.05) is 11.9 Å². The smallest absolute Gasteiger partial charge is 0.238 e. The molecular formula is C15H18N4O5S. The Morgan fingerprint density at radius 2 is 1.88 bits per heavy atom. The Kier molecular flexibility index (Phi) is 5.88. The van der Waals surface area contributed by atoms with Gasteiger partial charge in [-0.05, 0) is 31.0 Å². The Balaban J connectivity index is 1.74. The minimum atomic E-state index is -3.72. The standard InChI is InChI=1S/C15H18N4O5S/c1-10-8-13(19-24-10)18-15(21)9-14(20)17-7-6-11-2-4-12(5-3-11)25(16,22)23/h2-5,8H,6-7,9H2,1H3,(H,17,20)(H2,16,22,23)(H,18,19,21). The molecule has 0 fully saturated rings. The first-order valence-corrected chi connectivity index (χ1v) is 8.90. The zero-order chi connectivity index (χ0) is 18.4. The molecule has 0 spiro atoms. The van der Waals surface area contributed by atoms with Crippen LogP contribution in [0.1, 0.15) is 17.7 Å². The number of aromatic nitrogens is 1. The molecule has 0 saturated heterocycles. The first kappa shape index (κ1) is 18.6. The number of aryl methyl sites for hydroxylation is 1. The van der Waals surface area contributed by atoms with Crippen LogP contribution in [-0.2, 0) is 26.0 Å². The Morgan fingerprint density at radius 3 is 2.44 bits per heavy atom. The number of carbonyl (C=O) groups is 2. The van der Waals surface area contributed by atoms with Gasteiger partial charge in [0, 0.05) is 12.6 Å². The van der Waals surface area contributed by atoms with Crippen LogP contribution in [0.25, 0.3) is 0 Å². The van der Waals surface area contributed by atoms with Crippen molar-refractivity contribution >= 4 is 27.7 Å². The van der Waals surface area contributed by atoms with E-state index in [1.165, 1.54) is 12.1 Å². The number of anilines is 1. The average molecular weight is 366 g/mol. The predicted octanol–water partition coefficient (Wildman–Crippen LogP) is 0.318. The molecule has 1 heterocycles.